The summed E-state index contributed by atoms with van der Waals surface area (Å²) in [5, 5.41) is 0. The van der Waals surface area contributed by atoms with E-state index < -0.39 is 0 Å². The van der Waals surface area contributed by atoms with Crippen LogP contribution in [0.15, 0.2) is 30.4 Å². The van der Waals surface area contributed by atoms with Crippen LogP contribution in [0.4, 0.5) is 4.39 Å². The van der Waals surface area contributed by atoms with Crippen LogP contribution < -0.4 is 0 Å². The van der Waals surface area contributed by atoms with E-state index >= 15 is 0 Å². The SMILES string of the molecule is CCCc1ccc(C#CC=C[C@H]2CC[C@H](CCC)CC2)c(F)c1. The fraction of sp³-hybridized carbons (Fsp3) is 0.545. The Morgan fingerprint density at radius 3 is 2.57 bits per heavy atom. The number of rotatable bonds is 5. The lowest BCUT2D eigenvalue weighted by atomic mass is 9.80. The molecule has 0 atom stereocenters. The molecule has 0 bridgehead atoms. The Balaban J connectivity index is 1.86. The number of allylic oxidation sites excluding steroid dienone is 2. The fourth-order valence-electron chi connectivity index (χ4n) is 3.49. The lowest BCUT2D eigenvalue weighted by Gasteiger charge is -2.26. The molecule has 0 saturated heterocycles. The second-order valence-corrected chi connectivity index (χ2v) is 6.76. The highest BCUT2D eigenvalue weighted by Crippen LogP contribution is 2.32. The maximum Gasteiger partial charge on any atom is 0.139 e. The van der Waals surface area contributed by atoms with Gasteiger partial charge in [-0.2, -0.15) is 0 Å². The lowest BCUT2D eigenvalue weighted by Crippen LogP contribution is -2.12. The summed E-state index contributed by atoms with van der Waals surface area (Å²) < 4.78 is 13.9. The van der Waals surface area contributed by atoms with E-state index in [9.17, 15) is 4.39 Å². The average Bonchev–Trinajstić information content (AvgIpc) is 2.55. The third kappa shape index (κ3) is 5.87. The van der Waals surface area contributed by atoms with Crippen LogP contribution in [0, 0.1) is 29.5 Å². The fourth-order valence-corrected chi connectivity index (χ4v) is 3.49. The van der Waals surface area contributed by atoms with E-state index in [0.717, 1.165) is 24.3 Å². The summed E-state index contributed by atoms with van der Waals surface area (Å²) in [4.78, 5) is 0. The van der Waals surface area contributed by atoms with Gasteiger partial charge in [0.1, 0.15) is 5.82 Å². The number of hydrogen-bond acceptors (Lipinski definition) is 0. The quantitative estimate of drug-likeness (QED) is 0.560. The molecule has 0 unspecified atom stereocenters. The van der Waals surface area contributed by atoms with Crippen molar-refractivity contribution in [3.05, 3.63) is 47.3 Å². The van der Waals surface area contributed by atoms with Gasteiger partial charge in [0.2, 0.25) is 0 Å². The molecule has 1 fully saturated rings. The van der Waals surface area contributed by atoms with Crippen molar-refractivity contribution in [1.29, 1.82) is 0 Å². The van der Waals surface area contributed by atoms with Crippen LogP contribution in [0.2, 0.25) is 0 Å². The molecule has 1 heteroatoms. The van der Waals surface area contributed by atoms with Crippen LogP contribution >= 0.6 is 0 Å². The first kappa shape index (κ1) is 17.8. The van der Waals surface area contributed by atoms with Gasteiger partial charge in [-0.1, -0.05) is 57.1 Å². The Kier molecular flexibility index (Phi) is 7.40. The minimum Gasteiger partial charge on any atom is -0.206 e. The van der Waals surface area contributed by atoms with Crippen LogP contribution in [0.5, 0.6) is 0 Å². The molecule has 0 radical (unpaired) electrons. The number of hydrogen-bond donors (Lipinski definition) is 0. The Labute approximate surface area is 141 Å². The smallest absolute Gasteiger partial charge is 0.139 e. The largest absolute Gasteiger partial charge is 0.206 e. The summed E-state index contributed by atoms with van der Waals surface area (Å²) in [5.41, 5.74) is 1.55. The van der Waals surface area contributed by atoms with E-state index in [2.05, 4.69) is 31.8 Å². The molecule has 1 aliphatic carbocycles. The normalized spacial score (nSPS) is 21.2. The molecule has 0 aliphatic heterocycles. The average molecular weight is 312 g/mol. The Morgan fingerprint density at radius 2 is 1.91 bits per heavy atom. The molecule has 0 N–H and O–H groups in total. The second-order valence-electron chi connectivity index (χ2n) is 6.76. The highest BCUT2D eigenvalue weighted by Gasteiger charge is 2.18. The molecule has 0 spiro atoms. The molecule has 1 aromatic rings. The minimum atomic E-state index is -0.197. The van der Waals surface area contributed by atoms with Crippen molar-refractivity contribution in [3.63, 3.8) is 0 Å². The summed E-state index contributed by atoms with van der Waals surface area (Å²) in [6.07, 6.45) is 14.0. The lowest BCUT2D eigenvalue weighted by molar-refractivity contribution is 0.294. The maximum atomic E-state index is 13.9. The van der Waals surface area contributed by atoms with Crippen LogP contribution in [-0.4, -0.2) is 0 Å². The summed E-state index contributed by atoms with van der Waals surface area (Å²) >= 11 is 0. The molecule has 2 rings (SSSR count). The van der Waals surface area contributed by atoms with Crippen molar-refractivity contribution in [2.24, 2.45) is 11.8 Å². The van der Waals surface area contributed by atoms with Crippen LogP contribution in [0.25, 0.3) is 0 Å². The zero-order valence-electron chi connectivity index (χ0n) is 14.6. The van der Waals surface area contributed by atoms with E-state index in [-0.39, 0.29) is 5.82 Å². The standard InChI is InChI=1S/C22H29F/c1-3-7-18-11-13-19(14-12-18)9-5-6-10-21-16-15-20(8-4-2)17-22(21)23/h5,9,15-19H,3-4,7-8,11-14H2,1-2H3/t18-,19-. The molecule has 0 nitrogen and oxygen atoms in total. The van der Waals surface area contributed by atoms with E-state index in [1.165, 1.54) is 38.5 Å². The summed E-state index contributed by atoms with van der Waals surface area (Å²) in [6, 6.07) is 5.40. The highest BCUT2D eigenvalue weighted by atomic mass is 19.1. The van der Waals surface area contributed by atoms with Crippen molar-refractivity contribution >= 4 is 0 Å². The second kappa shape index (κ2) is 9.56. The van der Waals surface area contributed by atoms with Gasteiger partial charge < -0.3 is 0 Å². The first-order valence-electron chi connectivity index (χ1n) is 9.19. The molecular formula is C22H29F. The third-order valence-electron chi connectivity index (χ3n) is 4.82. The van der Waals surface area contributed by atoms with Crippen molar-refractivity contribution in [2.75, 3.05) is 0 Å². The topological polar surface area (TPSA) is 0 Å². The van der Waals surface area contributed by atoms with Gasteiger partial charge in [-0.15, -0.1) is 0 Å². The Bertz CT molecular complexity index is 565. The number of halogens is 1. The third-order valence-corrected chi connectivity index (χ3v) is 4.82. The zero-order chi connectivity index (χ0) is 16.5. The first-order valence-corrected chi connectivity index (χ1v) is 9.19. The molecule has 1 saturated carbocycles. The molecule has 1 aromatic carbocycles. The summed E-state index contributed by atoms with van der Waals surface area (Å²) in [5.74, 6) is 7.35. The monoisotopic (exact) mass is 312 g/mol. The van der Waals surface area contributed by atoms with Gasteiger partial charge in [0.25, 0.3) is 0 Å². The molecule has 0 heterocycles. The van der Waals surface area contributed by atoms with E-state index in [1.54, 1.807) is 12.1 Å². The molecule has 1 aliphatic rings. The molecule has 23 heavy (non-hydrogen) atoms. The molecule has 124 valence electrons. The van der Waals surface area contributed by atoms with Gasteiger partial charge >= 0.3 is 0 Å². The van der Waals surface area contributed by atoms with Crippen LogP contribution in [0.1, 0.15) is 69.9 Å². The Morgan fingerprint density at radius 1 is 1.13 bits per heavy atom. The molecule has 0 amide bonds. The van der Waals surface area contributed by atoms with Gasteiger partial charge in [-0.25, -0.2) is 4.39 Å². The van der Waals surface area contributed by atoms with E-state index in [0.29, 0.717) is 11.5 Å². The summed E-state index contributed by atoms with van der Waals surface area (Å²) in [6.45, 7) is 4.38. The maximum absolute atomic E-state index is 13.9. The van der Waals surface area contributed by atoms with E-state index in [1.807, 2.05) is 12.1 Å². The van der Waals surface area contributed by atoms with Crippen molar-refractivity contribution in [1.82, 2.24) is 0 Å². The first-order chi connectivity index (χ1) is 11.2. The number of aryl methyl sites for hydroxylation is 1. The van der Waals surface area contributed by atoms with Crippen molar-refractivity contribution in [3.8, 4) is 11.8 Å². The highest BCUT2D eigenvalue weighted by molar-refractivity contribution is 5.39. The van der Waals surface area contributed by atoms with Crippen LogP contribution in [-0.2, 0) is 6.42 Å². The van der Waals surface area contributed by atoms with Gasteiger partial charge in [0, 0.05) is 0 Å². The summed E-state index contributed by atoms with van der Waals surface area (Å²) in [7, 11) is 0. The zero-order valence-corrected chi connectivity index (χ0v) is 14.6. The van der Waals surface area contributed by atoms with Gasteiger partial charge in [-0.05, 0) is 67.7 Å². The van der Waals surface area contributed by atoms with Crippen molar-refractivity contribution in [2.45, 2.75) is 65.2 Å². The van der Waals surface area contributed by atoms with E-state index in [4.69, 9.17) is 0 Å². The predicted molar refractivity (Wildman–Crippen MR) is 96.8 cm³/mol. The predicted octanol–water partition coefficient (Wildman–Crippen LogP) is 6.29. The van der Waals surface area contributed by atoms with Crippen LogP contribution in [0.3, 0.4) is 0 Å². The number of benzene rings is 1. The Hall–Kier alpha value is -1.55. The molecule has 0 aromatic heterocycles. The van der Waals surface area contributed by atoms with Gasteiger partial charge in [0.05, 0.1) is 5.56 Å². The molecular weight excluding hydrogens is 283 g/mol. The van der Waals surface area contributed by atoms with Crippen molar-refractivity contribution < 1.29 is 4.39 Å². The minimum absolute atomic E-state index is 0.197. The van der Waals surface area contributed by atoms with Gasteiger partial charge in [-0.3, -0.25) is 0 Å². The van der Waals surface area contributed by atoms with Gasteiger partial charge in [0.15, 0.2) is 0 Å².